The molecule has 172 valence electrons. The van der Waals surface area contributed by atoms with E-state index in [0.717, 1.165) is 39.5 Å². The van der Waals surface area contributed by atoms with Crippen LogP contribution < -0.4 is 0 Å². The average molecular weight is 465 g/mol. The lowest BCUT2D eigenvalue weighted by Gasteiger charge is -2.22. The fourth-order valence-corrected chi connectivity index (χ4v) is 5.46. The van der Waals surface area contributed by atoms with Crippen LogP contribution >= 0.6 is 0 Å². The minimum atomic E-state index is -0.213. The predicted molar refractivity (Wildman–Crippen MR) is 147 cm³/mol. The van der Waals surface area contributed by atoms with Gasteiger partial charge in [0.25, 0.3) is 0 Å². The first-order chi connectivity index (χ1) is 17.6. The maximum Gasteiger partial charge on any atom is 0.160 e. The third kappa shape index (κ3) is 3.04. The number of benzene rings is 4. The van der Waals surface area contributed by atoms with Crippen molar-refractivity contribution in [3.63, 3.8) is 0 Å². The lowest BCUT2D eigenvalue weighted by molar-refractivity contribution is 0.738. The summed E-state index contributed by atoms with van der Waals surface area (Å²) in [6.07, 6.45) is 0. The minimum Gasteiger partial charge on any atom is -0.292 e. The third-order valence-corrected chi connectivity index (χ3v) is 7.28. The molecule has 36 heavy (non-hydrogen) atoms. The smallest absolute Gasteiger partial charge is 0.160 e. The molecule has 1 aliphatic rings. The highest BCUT2D eigenvalue weighted by Crippen LogP contribution is 2.46. The summed E-state index contributed by atoms with van der Waals surface area (Å²) < 4.78 is 2.23. The van der Waals surface area contributed by atoms with Gasteiger partial charge in [0.2, 0.25) is 0 Å². The van der Waals surface area contributed by atoms with E-state index in [1.165, 1.54) is 21.9 Å². The van der Waals surface area contributed by atoms with Crippen molar-refractivity contribution in [3.05, 3.63) is 120 Å². The Hall–Kier alpha value is -4.57. The van der Waals surface area contributed by atoms with E-state index in [4.69, 9.17) is 4.99 Å². The molecule has 0 saturated heterocycles. The molecular formula is C32H24N4. The summed E-state index contributed by atoms with van der Waals surface area (Å²) in [5, 5.41) is 11.6. The molecule has 2 aromatic heterocycles. The number of rotatable bonds is 3. The summed E-state index contributed by atoms with van der Waals surface area (Å²) in [7, 11) is 0. The van der Waals surface area contributed by atoms with Gasteiger partial charge in [0.15, 0.2) is 5.82 Å². The Labute approximate surface area is 209 Å². The van der Waals surface area contributed by atoms with Crippen LogP contribution in [0.25, 0.3) is 38.9 Å². The van der Waals surface area contributed by atoms with Crippen LogP contribution in [-0.4, -0.2) is 20.5 Å². The molecule has 4 heteroatoms. The minimum absolute atomic E-state index is 0.213. The van der Waals surface area contributed by atoms with Crippen molar-refractivity contribution in [1.29, 1.82) is 0 Å². The van der Waals surface area contributed by atoms with Crippen molar-refractivity contribution in [3.8, 4) is 17.1 Å². The standard InChI is InChI=1S/C32H24N4/c1-32(2)25-20-29-24(19-27(25)33-31(32)22-13-7-4-8-14-22)23-15-9-10-16-28(23)36(29)30-18-17-26(34-35-30)21-11-5-3-6-12-21/h3-20H,1-2H3. The van der Waals surface area contributed by atoms with Gasteiger partial charge in [-0.25, -0.2) is 0 Å². The average Bonchev–Trinajstić information content (AvgIpc) is 3.39. The Balaban J connectivity index is 1.44. The molecule has 4 nitrogen and oxygen atoms in total. The monoisotopic (exact) mass is 464 g/mol. The topological polar surface area (TPSA) is 43.1 Å². The predicted octanol–water partition coefficient (Wildman–Crippen LogP) is 7.65. The van der Waals surface area contributed by atoms with E-state index in [1.54, 1.807) is 0 Å². The van der Waals surface area contributed by atoms with Crippen LogP contribution in [0.15, 0.2) is 114 Å². The molecule has 0 bridgehead atoms. The van der Waals surface area contributed by atoms with Crippen LogP contribution in [0.5, 0.6) is 0 Å². The Bertz CT molecular complexity index is 1780. The van der Waals surface area contributed by atoms with Crippen molar-refractivity contribution >= 4 is 33.2 Å². The molecule has 0 saturated carbocycles. The van der Waals surface area contributed by atoms with Crippen molar-refractivity contribution in [2.24, 2.45) is 4.99 Å². The molecule has 0 unspecified atom stereocenters. The molecule has 3 heterocycles. The number of nitrogens with zero attached hydrogens (tertiary/aromatic N) is 4. The lowest BCUT2D eigenvalue weighted by atomic mass is 9.79. The van der Waals surface area contributed by atoms with Crippen LogP contribution in [0.4, 0.5) is 5.69 Å². The number of hydrogen-bond acceptors (Lipinski definition) is 3. The Morgan fingerprint density at radius 1 is 0.611 bits per heavy atom. The van der Waals surface area contributed by atoms with Gasteiger partial charge < -0.3 is 0 Å². The normalized spacial score (nSPS) is 14.2. The van der Waals surface area contributed by atoms with E-state index in [1.807, 2.05) is 30.3 Å². The fourth-order valence-electron chi connectivity index (χ4n) is 5.46. The van der Waals surface area contributed by atoms with E-state index < -0.39 is 0 Å². The number of aromatic nitrogens is 3. The molecule has 0 spiro atoms. The molecule has 4 aromatic carbocycles. The second-order valence-corrected chi connectivity index (χ2v) is 9.83. The lowest BCUT2D eigenvalue weighted by Crippen LogP contribution is -2.26. The summed E-state index contributed by atoms with van der Waals surface area (Å²) in [6, 6.07) is 37.8. The van der Waals surface area contributed by atoms with E-state index in [9.17, 15) is 0 Å². The number of hydrogen-bond donors (Lipinski definition) is 0. The van der Waals surface area contributed by atoms with Crippen LogP contribution in [0.2, 0.25) is 0 Å². The van der Waals surface area contributed by atoms with Gasteiger partial charge in [-0.1, -0.05) is 92.7 Å². The van der Waals surface area contributed by atoms with Gasteiger partial charge in [0, 0.05) is 21.8 Å². The van der Waals surface area contributed by atoms with Crippen molar-refractivity contribution in [1.82, 2.24) is 14.8 Å². The maximum absolute atomic E-state index is 5.14. The zero-order valence-corrected chi connectivity index (χ0v) is 20.2. The summed E-state index contributed by atoms with van der Waals surface area (Å²) in [5.41, 5.74) is 8.48. The fraction of sp³-hybridized carbons (Fsp3) is 0.0938. The van der Waals surface area contributed by atoms with Crippen LogP contribution in [0.3, 0.4) is 0 Å². The first kappa shape index (κ1) is 20.8. The second kappa shape index (κ2) is 7.72. The molecule has 1 aliphatic heterocycles. The highest BCUT2D eigenvalue weighted by atomic mass is 15.2. The molecule has 0 N–H and O–H groups in total. The van der Waals surface area contributed by atoms with E-state index >= 15 is 0 Å². The van der Waals surface area contributed by atoms with Crippen LogP contribution in [-0.2, 0) is 5.41 Å². The molecule has 0 atom stereocenters. The summed E-state index contributed by atoms with van der Waals surface area (Å²) >= 11 is 0. The first-order valence-electron chi connectivity index (χ1n) is 12.2. The zero-order chi connectivity index (χ0) is 24.3. The van der Waals surface area contributed by atoms with Crippen molar-refractivity contribution in [2.45, 2.75) is 19.3 Å². The summed E-state index contributed by atoms with van der Waals surface area (Å²) in [5.74, 6) is 0.806. The van der Waals surface area contributed by atoms with Gasteiger partial charge >= 0.3 is 0 Å². The number of fused-ring (bicyclic) bond motifs is 4. The highest BCUT2D eigenvalue weighted by molar-refractivity contribution is 6.16. The van der Waals surface area contributed by atoms with E-state index in [0.29, 0.717) is 0 Å². The van der Waals surface area contributed by atoms with Gasteiger partial charge in [-0.05, 0) is 41.5 Å². The second-order valence-electron chi connectivity index (χ2n) is 9.83. The summed E-state index contributed by atoms with van der Waals surface area (Å²) in [4.78, 5) is 5.14. The van der Waals surface area contributed by atoms with Crippen molar-refractivity contribution < 1.29 is 0 Å². The van der Waals surface area contributed by atoms with Gasteiger partial charge in [-0.2, -0.15) is 0 Å². The Morgan fingerprint density at radius 2 is 1.31 bits per heavy atom. The molecule has 7 rings (SSSR count). The van der Waals surface area contributed by atoms with E-state index in [-0.39, 0.29) is 5.41 Å². The van der Waals surface area contributed by atoms with Crippen LogP contribution in [0.1, 0.15) is 25.0 Å². The molecule has 0 amide bonds. The quantitative estimate of drug-likeness (QED) is 0.270. The first-order valence-corrected chi connectivity index (χ1v) is 12.2. The van der Waals surface area contributed by atoms with Gasteiger partial charge in [-0.3, -0.25) is 9.56 Å². The Kier molecular flexibility index (Phi) is 4.45. The molecule has 0 radical (unpaired) electrons. The van der Waals surface area contributed by atoms with Crippen molar-refractivity contribution in [2.75, 3.05) is 0 Å². The Morgan fingerprint density at radius 3 is 2.03 bits per heavy atom. The van der Waals surface area contributed by atoms with Crippen LogP contribution in [0, 0.1) is 0 Å². The maximum atomic E-state index is 5.14. The number of para-hydroxylation sites is 1. The molecule has 0 fully saturated rings. The van der Waals surface area contributed by atoms with Gasteiger partial charge in [-0.15, -0.1) is 10.2 Å². The molecule has 0 aliphatic carbocycles. The van der Waals surface area contributed by atoms with Gasteiger partial charge in [0.1, 0.15) is 0 Å². The van der Waals surface area contributed by atoms with E-state index in [2.05, 4.69) is 107 Å². The zero-order valence-electron chi connectivity index (χ0n) is 20.2. The molecular weight excluding hydrogens is 440 g/mol. The van der Waals surface area contributed by atoms with Gasteiger partial charge in [0.05, 0.1) is 28.1 Å². The SMILES string of the molecule is CC1(C)C(c2ccccc2)=Nc2cc3c4ccccc4n(-c4ccc(-c5ccccc5)nn4)c3cc21. The highest BCUT2D eigenvalue weighted by Gasteiger charge is 2.36. The summed E-state index contributed by atoms with van der Waals surface area (Å²) in [6.45, 7) is 4.52. The largest absolute Gasteiger partial charge is 0.292 e. The molecule has 6 aromatic rings. The third-order valence-electron chi connectivity index (χ3n) is 7.28. The number of aliphatic imine (C=N–C) groups is 1.